The van der Waals surface area contributed by atoms with E-state index in [2.05, 4.69) is 27.9 Å². The molecule has 0 unspecified atom stereocenters. The van der Waals surface area contributed by atoms with Crippen molar-refractivity contribution in [3.8, 4) is 11.5 Å². The smallest absolute Gasteiger partial charge is 0.336 e. The lowest BCUT2D eigenvalue weighted by Crippen LogP contribution is -2.29. The first-order valence-corrected chi connectivity index (χ1v) is 13.2. The molecule has 1 aliphatic heterocycles. The molecule has 5 rings (SSSR count). The average Bonchev–Trinajstić information content (AvgIpc) is 3.19. The predicted octanol–water partition coefficient (Wildman–Crippen LogP) is 6.15. The van der Waals surface area contributed by atoms with Crippen LogP contribution in [-0.2, 0) is 16.1 Å². The molecule has 194 valence electrons. The highest BCUT2D eigenvalue weighted by Gasteiger charge is 2.43. The van der Waals surface area contributed by atoms with Crippen LogP contribution in [0.3, 0.4) is 0 Å². The van der Waals surface area contributed by atoms with Crippen LogP contribution in [0.15, 0.2) is 77.5 Å². The van der Waals surface area contributed by atoms with Gasteiger partial charge in [0, 0.05) is 28.3 Å². The molecule has 6 nitrogen and oxygen atoms in total. The van der Waals surface area contributed by atoms with Crippen LogP contribution < -0.4 is 14.8 Å². The number of dihydropyridines is 1. The fourth-order valence-electron chi connectivity index (χ4n) is 4.92. The van der Waals surface area contributed by atoms with Crippen molar-refractivity contribution in [2.75, 3.05) is 13.7 Å². The molecule has 38 heavy (non-hydrogen) atoms. The second-order valence-corrected chi connectivity index (χ2v) is 10.1. The Hall–Kier alpha value is -3.66. The lowest BCUT2D eigenvalue weighted by Gasteiger charge is -2.30. The number of halogens is 2. The lowest BCUT2D eigenvalue weighted by molar-refractivity contribution is -0.138. The minimum Gasteiger partial charge on any atom is -0.493 e. The van der Waals surface area contributed by atoms with Crippen LogP contribution in [0.4, 0.5) is 4.39 Å². The van der Waals surface area contributed by atoms with Gasteiger partial charge in [-0.2, -0.15) is 0 Å². The summed E-state index contributed by atoms with van der Waals surface area (Å²) >= 11 is 2.16. The van der Waals surface area contributed by atoms with E-state index in [-0.39, 0.29) is 24.8 Å². The van der Waals surface area contributed by atoms with Crippen molar-refractivity contribution in [3.05, 3.63) is 109 Å². The lowest BCUT2D eigenvalue weighted by atomic mass is 9.79. The number of ether oxygens (including phenoxy) is 3. The highest BCUT2D eigenvalue weighted by Crippen LogP contribution is 2.48. The van der Waals surface area contributed by atoms with Crippen LogP contribution in [0, 0.1) is 9.39 Å². The fraction of sp³-hybridized carbons (Fsp3) is 0.200. The molecule has 1 N–H and O–H groups in total. The number of ketones is 1. The summed E-state index contributed by atoms with van der Waals surface area (Å²) in [6, 6.07) is 17.2. The summed E-state index contributed by atoms with van der Waals surface area (Å²) in [5.74, 6) is -0.622. The van der Waals surface area contributed by atoms with Gasteiger partial charge in [-0.05, 0) is 71.8 Å². The van der Waals surface area contributed by atoms with E-state index in [4.69, 9.17) is 14.2 Å². The maximum Gasteiger partial charge on any atom is 0.336 e. The Balaban J connectivity index is 1.60. The van der Waals surface area contributed by atoms with E-state index < -0.39 is 11.9 Å². The van der Waals surface area contributed by atoms with Gasteiger partial charge in [-0.3, -0.25) is 4.79 Å². The molecule has 8 heteroatoms. The monoisotopic (exact) mass is 625 g/mol. The largest absolute Gasteiger partial charge is 0.493 e. The first-order chi connectivity index (χ1) is 18.3. The Kier molecular flexibility index (Phi) is 7.25. The van der Waals surface area contributed by atoms with Crippen molar-refractivity contribution in [3.63, 3.8) is 0 Å². The van der Waals surface area contributed by atoms with Crippen molar-refractivity contribution in [2.24, 2.45) is 0 Å². The average molecular weight is 625 g/mol. The summed E-state index contributed by atoms with van der Waals surface area (Å²) in [5, 5.41) is 3.30. The molecule has 0 radical (unpaired) electrons. The van der Waals surface area contributed by atoms with Gasteiger partial charge in [0.25, 0.3) is 0 Å². The molecule has 1 heterocycles. The van der Waals surface area contributed by atoms with Gasteiger partial charge in [0.15, 0.2) is 17.3 Å². The molecule has 3 aromatic rings. The summed E-state index contributed by atoms with van der Waals surface area (Å²) in [7, 11) is 1.54. The van der Waals surface area contributed by atoms with E-state index in [1.807, 2.05) is 31.2 Å². The standard InChI is InChI=1S/C30H25FINO5/c1-4-37-30(35)24-16(2)33-27-20-7-5-6-8-21(20)28(34)26(27)25(24)18-13-22(32)29(23(14-18)36-3)38-15-17-9-11-19(31)12-10-17/h5-14,25,33H,4,15H2,1-3H3/t25-/m0/s1. The van der Waals surface area contributed by atoms with Gasteiger partial charge in [-0.15, -0.1) is 0 Å². The topological polar surface area (TPSA) is 73.9 Å². The van der Waals surface area contributed by atoms with Crippen LogP contribution in [0.5, 0.6) is 11.5 Å². The second kappa shape index (κ2) is 10.6. The number of carbonyl (C=O) groups excluding carboxylic acids is 2. The number of allylic oxidation sites excluding steroid dienone is 2. The molecule has 0 amide bonds. The zero-order chi connectivity index (χ0) is 27.0. The summed E-state index contributed by atoms with van der Waals surface area (Å²) in [5.41, 5.74) is 5.11. The first kappa shape index (κ1) is 26.0. The molecule has 0 saturated heterocycles. The molecular formula is C30H25FINO5. The number of benzene rings is 3. The Labute approximate surface area is 233 Å². The third-order valence-electron chi connectivity index (χ3n) is 6.63. The van der Waals surface area contributed by atoms with Crippen molar-refractivity contribution >= 4 is 40.0 Å². The van der Waals surface area contributed by atoms with Crippen molar-refractivity contribution in [1.82, 2.24) is 5.32 Å². The van der Waals surface area contributed by atoms with Crippen LogP contribution >= 0.6 is 22.6 Å². The quantitative estimate of drug-likeness (QED) is 0.251. The maximum atomic E-state index is 13.7. The van der Waals surface area contributed by atoms with E-state index in [1.165, 1.54) is 19.2 Å². The Morgan fingerprint density at radius 3 is 2.47 bits per heavy atom. The van der Waals surface area contributed by atoms with Gasteiger partial charge >= 0.3 is 5.97 Å². The number of esters is 1. The van der Waals surface area contributed by atoms with Gasteiger partial charge < -0.3 is 19.5 Å². The number of fused-ring (bicyclic) bond motifs is 2. The Morgan fingerprint density at radius 2 is 1.79 bits per heavy atom. The predicted molar refractivity (Wildman–Crippen MR) is 149 cm³/mol. The molecule has 0 bridgehead atoms. The van der Waals surface area contributed by atoms with Crippen LogP contribution in [0.1, 0.15) is 46.8 Å². The van der Waals surface area contributed by atoms with E-state index in [1.54, 1.807) is 31.2 Å². The molecule has 1 atom stereocenters. The third-order valence-corrected chi connectivity index (χ3v) is 7.43. The van der Waals surface area contributed by atoms with Crippen molar-refractivity contribution < 1.29 is 28.2 Å². The number of nitrogens with one attached hydrogen (secondary N) is 1. The molecular weight excluding hydrogens is 600 g/mol. The number of hydrogen-bond acceptors (Lipinski definition) is 6. The van der Waals surface area contributed by atoms with Crippen LogP contribution in [-0.4, -0.2) is 25.5 Å². The first-order valence-electron chi connectivity index (χ1n) is 12.1. The van der Waals surface area contributed by atoms with Crippen LogP contribution in [0.2, 0.25) is 0 Å². The summed E-state index contributed by atoms with van der Waals surface area (Å²) in [6.07, 6.45) is 0. The number of Topliss-reactive ketones (excluding diaryl/α,β-unsaturated/α-hetero) is 1. The van der Waals surface area contributed by atoms with Gasteiger partial charge in [0.05, 0.1) is 28.6 Å². The van der Waals surface area contributed by atoms with Gasteiger partial charge in [-0.1, -0.05) is 36.4 Å². The Bertz CT molecular complexity index is 1510. The molecule has 2 aliphatic rings. The SMILES string of the molecule is CCOC(=O)C1=C(C)NC2=C(C(=O)c3ccccc32)[C@H]1c1cc(I)c(OCc2ccc(F)cc2)c(OC)c1. The number of methoxy groups -OCH3 is 1. The van der Waals surface area contributed by atoms with E-state index >= 15 is 0 Å². The zero-order valence-corrected chi connectivity index (χ0v) is 23.2. The summed E-state index contributed by atoms with van der Waals surface area (Å²) < 4.78 is 31.2. The zero-order valence-electron chi connectivity index (χ0n) is 21.1. The summed E-state index contributed by atoms with van der Waals surface area (Å²) in [6.45, 7) is 3.99. The highest BCUT2D eigenvalue weighted by atomic mass is 127. The molecule has 0 aromatic heterocycles. The number of rotatable bonds is 7. The normalized spacial score (nSPS) is 16.1. The molecule has 3 aromatic carbocycles. The molecule has 0 spiro atoms. The number of carbonyl (C=O) groups is 2. The van der Waals surface area contributed by atoms with Gasteiger partial charge in [0.2, 0.25) is 0 Å². The number of hydrogen-bond donors (Lipinski definition) is 1. The molecule has 1 aliphatic carbocycles. The highest BCUT2D eigenvalue weighted by molar-refractivity contribution is 14.1. The third kappa shape index (κ3) is 4.57. The van der Waals surface area contributed by atoms with E-state index in [9.17, 15) is 14.0 Å². The molecule has 0 fully saturated rings. The van der Waals surface area contributed by atoms with Crippen molar-refractivity contribution in [1.29, 1.82) is 0 Å². The minimum atomic E-state index is -0.668. The maximum absolute atomic E-state index is 13.7. The van der Waals surface area contributed by atoms with Crippen molar-refractivity contribution in [2.45, 2.75) is 26.4 Å². The second-order valence-electron chi connectivity index (χ2n) is 8.93. The fourth-order valence-corrected chi connectivity index (χ4v) is 5.71. The van der Waals surface area contributed by atoms with Crippen LogP contribution in [0.25, 0.3) is 5.70 Å². The van der Waals surface area contributed by atoms with Gasteiger partial charge in [0.1, 0.15) is 12.4 Å². The Morgan fingerprint density at radius 1 is 1.08 bits per heavy atom. The minimum absolute atomic E-state index is 0.131. The molecule has 0 saturated carbocycles. The summed E-state index contributed by atoms with van der Waals surface area (Å²) in [4.78, 5) is 26.9. The van der Waals surface area contributed by atoms with Gasteiger partial charge in [-0.25, -0.2) is 9.18 Å². The van der Waals surface area contributed by atoms with E-state index in [0.29, 0.717) is 45.2 Å². The van der Waals surface area contributed by atoms with E-state index in [0.717, 1.165) is 14.7 Å².